The zero-order valence-electron chi connectivity index (χ0n) is 11.2. The molecule has 0 aromatic heterocycles. The van der Waals surface area contributed by atoms with E-state index in [9.17, 15) is 0 Å². The Balaban J connectivity index is 2.52. The van der Waals surface area contributed by atoms with E-state index in [-0.39, 0.29) is 0 Å². The predicted molar refractivity (Wildman–Crippen MR) is 108 cm³/mol. The summed E-state index contributed by atoms with van der Waals surface area (Å²) in [6.07, 6.45) is 0. The molecule has 0 fully saturated rings. The number of halogens is 4. The summed E-state index contributed by atoms with van der Waals surface area (Å²) in [6, 6.07) is 13.2. The Hall–Kier alpha value is 0.879. The molecule has 0 spiro atoms. The second-order valence-corrected chi connectivity index (χ2v) is 8.83. The second-order valence-electron chi connectivity index (χ2n) is 4.45. The number of hydrogen-bond acceptors (Lipinski definition) is 0. The first kappa shape index (κ1) is 18.2. The Labute approximate surface area is 166 Å². The fraction of sp³-hybridized carbons (Fsp3) is 0.250. The minimum atomic E-state index is 0.306. The summed E-state index contributed by atoms with van der Waals surface area (Å²) >= 11 is 14.8. The monoisotopic (exact) mass is 602 g/mol. The Kier molecular flexibility index (Phi) is 8.02. The maximum absolute atomic E-state index is 3.63. The van der Waals surface area contributed by atoms with Crippen LogP contribution >= 0.6 is 63.7 Å². The molecule has 2 aromatic rings. The van der Waals surface area contributed by atoms with Crippen LogP contribution in [-0.2, 0) is 21.3 Å². The van der Waals surface area contributed by atoms with Gasteiger partial charge in [-0.1, -0.05) is 0 Å². The molecule has 0 saturated carbocycles. The van der Waals surface area contributed by atoms with E-state index < -0.39 is 0 Å². The van der Waals surface area contributed by atoms with Gasteiger partial charge in [-0.05, 0) is 0 Å². The zero-order chi connectivity index (χ0) is 15.2. The Morgan fingerprint density at radius 3 is 1.10 bits per heavy atom. The van der Waals surface area contributed by atoms with Gasteiger partial charge in [0, 0.05) is 0 Å². The minimum absolute atomic E-state index is 0.306. The Bertz CT molecular complexity index is 515. The van der Waals surface area contributed by atoms with E-state index in [0.717, 1.165) is 21.3 Å². The third-order valence-electron chi connectivity index (χ3n) is 3.14. The van der Waals surface area contributed by atoms with E-state index in [0.29, 0.717) is 15.0 Å². The molecule has 0 bridgehead atoms. The molecule has 2 aromatic carbocycles. The molecule has 0 aliphatic rings. The van der Waals surface area contributed by atoms with E-state index in [1.165, 1.54) is 31.2 Å². The van der Waals surface area contributed by atoms with E-state index in [4.69, 9.17) is 0 Å². The average Bonchev–Trinajstić information content (AvgIpc) is 2.55. The van der Waals surface area contributed by atoms with Gasteiger partial charge in [-0.3, -0.25) is 0 Å². The molecule has 0 saturated heterocycles. The first-order valence-corrected chi connectivity index (χ1v) is 12.6. The summed E-state index contributed by atoms with van der Waals surface area (Å²) in [5.74, 6) is 0. The average molecular weight is 605 g/mol. The Morgan fingerprint density at radius 1 is 0.571 bits per heavy atom. The first-order chi connectivity index (χ1) is 10.2. The molecular weight excluding hydrogens is 591 g/mol. The van der Waals surface area contributed by atoms with Crippen LogP contribution in [0.15, 0.2) is 36.4 Å². The molecule has 2 rings (SSSR count). The molecule has 0 atom stereocenters. The standard InChI is InChI=1S/C16H14Br4Se/c17-7-11-3-1-4-12(8-18)15(11)21-16-13(9-19)5-2-6-14(16)10-20/h1-6H,7-10H2. The molecule has 0 N–H and O–H groups in total. The van der Waals surface area contributed by atoms with Gasteiger partial charge in [0.15, 0.2) is 0 Å². The van der Waals surface area contributed by atoms with Crippen molar-refractivity contribution in [3.8, 4) is 0 Å². The number of benzene rings is 2. The van der Waals surface area contributed by atoms with Gasteiger partial charge in [0.1, 0.15) is 0 Å². The third-order valence-corrected chi connectivity index (χ3v) is 8.61. The van der Waals surface area contributed by atoms with Gasteiger partial charge >= 0.3 is 168 Å². The summed E-state index contributed by atoms with van der Waals surface area (Å²) in [6.45, 7) is 0. The quantitative estimate of drug-likeness (QED) is 0.325. The van der Waals surface area contributed by atoms with Crippen LogP contribution in [0, 0.1) is 0 Å². The molecule has 112 valence electrons. The first-order valence-electron chi connectivity index (χ1n) is 6.38. The van der Waals surface area contributed by atoms with Gasteiger partial charge in [-0.15, -0.1) is 0 Å². The van der Waals surface area contributed by atoms with Gasteiger partial charge in [0.25, 0.3) is 0 Å². The van der Waals surface area contributed by atoms with Crippen molar-refractivity contribution in [2.75, 3.05) is 0 Å². The van der Waals surface area contributed by atoms with Gasteiger partial charge in [-0.2, -0.15) is 0 Å². The van der Waals surface area contributed by atoms with Gasteiger partial charge in [0.2, 0.25) is 0 Å². The SMILES string of the molecule is BrCc1cccc(CBr)c1[Se]c1c(CBr)cccc1CBr. The molecule has 5 heteroatoms. The molecular formula is C16H14Br4Se. The van der Waals surface area contributed by atoms with Crippen LogP contribution in [0.2, 0.25) is 0 Å². The number of hydrogen-bond donors (Lipinski definition) is 0. The Morgan fingerprint density at radius 2 is 0.857 bits per heavy atom. The van der Waals surface area contributed by atoms with Crippen LogP contribution in [0.25, 0.3) is 0 Å². The number of rotatable bonds is 6. The van der Waals surface area contributed by atoms with E-state index >= 15 is 0 Å². The van der Waals surface area contributed by atoms with Crippen LogP contribution in [0.3, 0.4) is 0 Å². The predicted octanol–water partition coefficient (Wildman–Crippen LogP) is 4.92. The van der Waals surface area contributed by atoms with Crippen LogP contribution in [0.1, 0.15) is 22.3 Å². The summed E-state index contributed by atoms with van der Waals surface area (Å²) in [7, 11) is 0. The fourth-order valence-electron chi connectivity index (χ4n) is 2.06. The summed E-state index contributed by atoms with van der Waals surface area (Å²) in [5, 5.41) is 3.63. The molecule has 0 nitrogen and oxygen atoms in total. The van der Waals surface area contributed by atoms with Crippen molar-refractivity contribution in [3.05, 3.63) is 58.7 Å². The van der Waals surface area contributed by atoms with E-state index in [2.05, 4.69) is 100 Å². The van der Waals surface area contributed by atoms with Crippen LogP contribution in [0.5, 0.6) is 0 Å². The van der Waals surface area contributed by atoms with Crippen molar-refractivity contribution >= 4 is 87.6 Å². The normalized spacial score (nSPS) is 10.9. The summed E-state index contributed by atoms with van der Waals surface area (Å²) in [5.41, 5.74) is 5.60. The molecule has 0 amide bonds. The van der Waals surface area contributed by atoms with Crippen LogP contribution in [0.4, 0.5) is 0 Å². The van der Waals surface area contributed by atoms with Crippen LogP contribution in [-0.4, -0.2) is 15.0 Å². The molecule has 0 aliphatic heterocycles. The van der Waals surface area contributed by atoms with Gasteiger partial charge in [0.05, 0.1) is 0 Å². The molecule has 0 radical (unpaired) electrons. The van der Waals surface area contributed by atoms with E-state index in [1.807, 2.05) is 0 Å². The number of alkyl halides is 4. The summed E-state index contributed by atoms with van der Waals surface area (Å²) < 4.78 is 2.99. The van der Waals surface area contributed by atoms with Gasteiger partial charge in [-0.25, -0.2) is 0 Å². The zero-order valence-corrected chi connectivity index (χ0v) is 19.3. The maximum atomic E-state index is 3.63. The van der Waals surface area contributed by atoms with Crippen molar-refractivity contribution in [2.45, 2.75) is 21.3 Å². The third kappa shape index (κ3) is 4.45. The van der Waals surface area contributed by atoms with Crippen LogP contribution < -0.4 is 8.92 Å². The molecule has 21 heavy (non-hydrogen) atoms. The topological polar surface area (TPSA) is 0 Å². The van der Waals surface area contributed by atoms with Crippen molar-refractivity contribution in [3.63, 3.8) is 0 Å². The van der Waals surface area contributed by atoms with Crippen molar-refractivity contribution in [1.82, 2.24) is 0 Å². The van der Waals surface area contributed by atoms with Gasteiger partial charge < -0.3 is 0 Å². The van der Waals surface area contributed by atoms with E-state index in [1.54, 1.807) is 0 Å². The van der Waals surface area contributed by atoms with Crippen molar-refractivity contribution in [1.29, 1.82) is 0 Å². The fourth-order valence-corrected chi connectivity index (χ4v) is 8.31. The summed E-state index contributed by atoms with van der Waals surface area (Å²) in [4.78, 5) is 0. The molecule has 0 aliphatic carbocycles. The van der Waals surface area contributed by atoms with Crippen molar-refractivity contribution in [2.24, 2.45) is 0 Å². The van der Waals surface area contributed by atoms with Crippen molar-refractivity contribution < 1.29 is 0 Å². The second kappa shape index (κ2) is 9.24. The molecule has 0 unspecified atom stereocenters. The molecule has 0 heterocycles.